The molecule has 0 saturated heterocycles. The SMILES string of the molecule is COc1ccc(CN2CCc3c2nc2ccc(Br)cc2c3N)cc1.Cl. The predicted octanol–water partition coefficient (Wildman–Crippen LogP) is 4.57. The van der Waals surface area contributed by atoms with Gasteiger partial charge in [0.15, 0.2) is 0 Å². The Labute approximate surface area is 161 Å². The van der Waals surface area contributed by atoms with Gasteiger partial charge < -0.3 is 15.4 Å². The van der Waals surface area contributed by atoms with Crippen LogP contribution >= 0.6 is 28.3 Å². The van der Waals surface area contributed by atoms with Crippen molar-refractivity contribution in [3.8, 4) is 5.75 Å². The second-order valence-electron chi connectivity index (χ2n) is 6.01. The summed E-state index contributed by atoms with van der Waals surface area (Å²) in [5.74, 6) is 1.89. The van der Waals surface area contributed by atoms with E-state index in [1.807, 2.05) is 30.3 Å². The van der Waals surface area contributed by atoms with Crippen LogP contribution in [0.5, 0.6) is 5.75 Å². The smallest absolute Gasteiger partial charge is 0.134 e. The fourth-order valence-corrected chi connectivity index (χ4v) is 3.61. The molecule has 1 aromatic heterocycles. The first-order valence-corrected chi connectivity index (χ1v) is 8.70. The van der Waals surface area contributed by atoms with Gasteiger partial charge in [0.1, 0.15) is 11.6 Å². The minimum absolute atomic E-state index is 0. The van der Waals surface area contributed by atoms with Crippen molar-refractivity contribution in [2.45, 2.75) is 13.0 Å². The number of pyridine rings is 1. The molecule has 2 N–H and O–H groups in total. The zero-order valence-electron chi connectivity index (χ0n) is 13.8. The lowest BCUT2D eigenvalue weighted by Crippen LogP contribution is -2.20. The molecule has 4 nitrogen and oxygen atoms in total. The lowest BCUT2D eigenvalue weighted by atomic mass is 10.1. The van der Waals surface area contributed by atoms with Crippen LogP contribution in [0.4, 0.5) is 11.5 Å². The van der Waals surface area contributed by atoms with Gasteiger partial charge in [-0.05, 0) is 42.3 Å². The van der Waals surface area contributed by atoms with Crippen molar-refractivity contribution in [1.82, 2.24) is 4.98 Å². The molecule has 0 spiro atoms. The van der Waals surface area contributed by atoms with E-state index < -0.39 is 0 Å². The molecule has 0 saturated carbocycles. The topological polar surface area (TPSA) is 51.4 Å². The number of methoxy groups -OCH3 is 1. The molecule has 0 atom stereocenters. The third kappa shape index (κ3) is 3.26. The van der Waals surface area contributed by atoms with Gasteiger partial charge in [0.05, 0.1) is 12.6 Å². The molecule has 4 rings (SSSR count). The molecule has 0 fully saturated rings. The monoisotopic (exact) mass is 419 g/mol. The summed E-state index contributed by atoms with van der Waals surface area (Å²) < 4.78 is 6.25. The molecule has 0 radical (unpaired) electrons. The largest absolute Gasteiger partial charge is 0.497 e. The first-order valence-electron chi connectivity index (χ1n) is 7.91. The van der Waals surface area contributed by atoms with Crippen molar-refractivity contribution in [2.24, 2.45) is 0 Å². The highest BCUT2D eigenvalue weighted by Gasteiger charge is 2.24. The molecule has 0 unspecified atom stereocenters. The fraction of sp³-hybridized carbons (Fsp3) is 0.211. The number of rotatable bonds is 3. The summed E-state index contributed by atoms with van der Waals surface area (Å²) in [6.07, 6.45) is 0.937. The molecule has 0 amide bonds. The van der Waals surface area contributed by atoms with Gasteiger partial charge in [-0.3, -0.25) is 0 Å². The van der Waals surface area contributed by atoms with E-state index in [0.717, 1.165) is 57.7 Å². The van der Waals surface area contributed by atoms with Gasteiger partial charge in [0.25, 0.3) is 0 Å². The van der Waals surface area contributed by atoms with Gasteiger partial charge in [-0.15, -0.1) is 12.4 Å². The number of benzene rings is 2. The average molecular weight is 421 g/mol. The van der Waals surface area contributed by atoms with E-state index >= 15 is 0 Å². The Kier molecular flexibility index (Phi) is 5.06. The number of halogens is 2. The fourth-order valence-electron chi connectivity index (χ4n) is 3.25. The average Bonchev–Trinajstić information content (AvgIpc) is 2.99. The first-order chi connectivity index (χ1) is 11.7. The number of nitrogen functional groups attached to an aromatic ring is 1. The number of nitrogens with two attached hydrogens (primary N) is 1. The number of hydrogen-bond acceptors (Lipinski definition) is 4. The molecule has 130 valence electrons. The number of hydrogen-bond donors (Lipinski definition) is 1. The van der Waals surface area contributed by atoms with E-state index in [-0.39, 0.29) is 12.4 Å². The maximum Gasteiger partial charge on any atom is 0.134 e. The Hall–Kier alpha value is -1.98. The Morgan fingerprint density at radius 3 is 2.68 bits per heavy atom. The highest BCUT2D eigenvalue weighted by atomic mass is 79.9. The van der Waals surface area contributed by atoms with Crippen LogP contribution < -0.4 is 15.4 Å². The lowest BCUT2D eigenvalue weighted by Gasteiger charge is -2.19. The molecular weight excluding hydrogens is 402 g/mol. The molecule has 2 aromatic carbocycles. The standard InChI is InChI=1S/C19H18BrN3O.ClH/c1-24-14-5-2-12(3-6-14)11-23-9-8-15-18(21)16-10-13(20)4-7-17(16)22-19(15)23;/h2-7,10H,8-9,11H2,1H3,(H2,21,22);1H. The highest BCUT2D eigenvalue weighted by Crippen LogP contribution is 2.37. The summed E-state index contributed by atoms with van der Waals surface area (Å²) >= 11 is 3.51. The second kappa shape index (κ2) is 7.10. The van der Waals surface area contributed by atoms with Crippen LogP contribution in [0.2, 0.25) is 0 Å². The maximum atomic E-state index is 6.43. The Balaban J connectivity index is 0.00000182. The molecule has 6 heteroatoms. The summed E-state index contributed by atoms with van der Waals surface area (Å²) in [6.45, 7) is 1.77. The normalized spacial score (nSPS) is 12.8. The van der Waals surface area contributed by atoms with E-state index in [1.54, 1.807) is 7.11 Å². The van der Waals surface area contributed by atoms with Crippen molar-refractivity contribution in [1.29, 1.82) is 0 Å². The number of fused-ring (bicyclic) bond motifs is 2. The molecule has 0 bridgehead atoms. The van der Waals surface area contributed by atoms with E-state index in [1.165, 1.54) is 5.56 Å². The van der Waals surface area contributed by atoms with Crippen LogP contribution in [0.25, 0.3) is 10.9 Å². The van der Waals surface area contributed by atoms with Gasteiger partial charge in [0.2, 0.25) is 0 Å². The number of ether oxygens (including phenoxy) is 1. The predicted molar refractivity (Wildman–Crippen MR) is 109 cm³/mol. The molecule has 2 heterocycles. The van der Waals surface area contributed by atoms with Crippen LogP contribution in [0.1, 0.15) is 11.1 Å². The molecule has 1 aliphatic heterocycles. The number of nitrogens with zero attached hydrogens (tertiary/aromatic N) is 2. The Bertz CT molecular complexity index is 915. The van der Waals surface area contributed by atoms with E-state index in [4.69, 9.17) is 15.5 Å². The first kappa shape index (κ1) is 17.8. The van der Waals surface area contributed by atoms with Crippen LogP contribution in [-0.4, -0.2) is 18.6 Å². The maximum absolute atomic E-state index is 6.43. The summed E-state index contributed by atoms with van der Waals surface area (Å²) in [7, 11) is 1.68. The van der Waals surface area contributed by atoms with Crippen LogP contribution in [0, 0.1) is 0 Å². The molecular formula is C19H19BrClN3O. The summed E-state index contributed by atoms with van der Waals surface area (Å²) in [4.78, 5) is 7.17. The minimum Gasteiger partial charge on any atom is -0.497 e. The van der Waals surface area contributed by atoms with Crippen molar-refractivity contribution in [3.05, 3.63) is 58.1 Å². The zero-order chi connectivity index (χ0) is 16.7. The third-order valence-electron chi connectivity index (χ3n) is 4.53. The van der Waals surface area contributed by atoms with E-state index in [0.29, 0.717) is 0 Å². The molecule has 1 aliphatic rings. The van der Waals surface area contributed by atoms with Gasteiger partial charge in [-0.2, -0.15) is 0 Å². The van der Waals surface area contributed by atoms with Crippen molar-refractivity contribution >= 4 is 50.7 Å². The summed E-state index contributed by atoms with van der Waals surface area (Å²) in [6, 6.07) is 14.2. The summed E-state index contributed by atoms with van der Waals surface area (Å²) in [5, 5.41) is 1.02. The van der Waals surface area contributed by atoms with Crippen molar-refractivity contribution in [2.75, 3.05) is 24.3 Å². The number of aromatic nitrogens is 1. The van der Waals surface area contributed by atoms with E-state index in [9.17, 15) is 0 Å². The highest BCUT2D eigenvalue weighted by molar-refractivity contribution is 9.10. The van der Waals surface area contributed by atoms with Gasteiger partial charge in [-0.1, -0.05) is 28.1 Å². The van der Waals surface area contributed by atoms with Crippen LogP contribution in [0.3, 0.4) is 0 Å². The third-order valence-corrected chi connectivity index (χ3v) is 5.03. The van der Waals surface area contributed by atoms with Crippen LogP contribution in [-0.2, 0) is 13.0 Å². The molecule has 3 aromatic rings. The minimum atomic E-state index is 0. The number of anilines is 2. The molecule has 0 aliphatic carbocycles. The quantitative estimate of drug-likeness (QED) is 0.674. The van der Waals surface area contributed by atoms with Crippen molar-refractivity contribution < 1.29 is 4.74 Å². The van der Waals surface area contributed by atoms with Gasteiger partial charge in [0, 0.05) is 34.2 Å². The van der Waals surface area contributed by atoms with Gasteiger partial charge in [-0.25, -0.2) is 4.98 Å². The zero-order valence-corrected chi connectivity index (χ0v) is 16.2. The molecule has 25 heavy (non-hydrogen) atoms. The van der Waals surface area contributed by atoms with Crippen molar-refractivity contribution in [3.63, 3.8) is 0 Å². The Morgan fingerprint density at radius 1 is 1.20 bits per heavy atom. The lowest BCUT2D eigenvalue weighted by molar-refractivity contribution is 0.414. The second-order valence-corrected chi connectivity index (χ2v) is 6.92. The van der Waals surface area contributed by atoms with Gasteiger partial charge >= 0.3 is 0 Å². The van der Waals surface area contributed by atoms with E-state index in [2.05, 4.69) is 33.0 Å². The Morgan fingerprint density at radius 2 is 1.96 bits per heavy atom. The van der Waals surface area contributed by atoms with Crippen LogP contribution in [0.15, 0.2) is 46.9 Å². The summed E-state index contributed by atoms with van der Waals surface area (Å²) in [5.41, 5.74) is 10.6.